The summed E-state index contributed by atoms with van der Waals surface area (Å²) in [5, 5.41) is 0. The standard InChI is InChI=1S/C13H18BrNO/c1-13(2,15)10-4-3-5-11(14)12(10)16-8-9-6-7-9/h3-5,9H,6-8,15H2,1-2H3. The zero-order valence-corrected chi connectivity index (χ0v) is 11.4. The number of benzene rings is 1. The van der Waals surface area contributed by atoms with Crippen molar-refractivity contribution in [2.45, 2.75) is 32.2 Å². The minimum absolute atomic E-state index is 0.372. The van der Waals surface area contributed by atoms with Crippen LogP contribution in [0.2, 0.25) is 0 Å². The first-order chi connectivity index (χ1) is 7.48. The first-order valence-electron chi connectivity index (χ1n) is 5.69. The Balaban J connectivity index is 2.24. The van der Waals surface area contributed by atoms with Gasteiger partial charge < -0.3 is 10.5 Å². The van der Waals surface area contributed by atoms with E-state index in [-0.39, 0.29) is 5.54 Å². The van der Waals surface area contributed by atoms with Crippen molar-refractivity contribution in [3.05, 3.63) is 28.2 Å². The van der Waals surface area contributed by atoms with Crippen molar-refractivity contribution in [1.29, 1.82) is 0 Å². The monoisotopic (exact) mass is 283 g/mol. The topological polar surface area (TPSA) is 35.2 Å². The fourth-order valence-corrected chi connectivity index (χ4v) is 2.13. The van der Waals surface area contributed by atoms with Crippen LogP contribution in [0.5, 0.6) is 5.75 Å². The quantitative estimate of drug-likeness (QED) is 0.919. The maximum atomic E-state index is 6.15. The number of ether oxygens (including phenoxy) is 1. The van der Waals surface area contributed by atoms with Crippen LogP contribution >= 0.6 is 15.9 Å². The lowest BCUT2D eigenvalue weighted by Crippen LogP contribution is -2.29. The molecule has 0 heterocycles. The molecule has 0 aromatic heterocycles. The largest absolute Gasteiger partial charge is 0.492 e. The molecule has 0 aliphatic heterocycles. The molecule has 0 spiro atoms. The van der Waals surface area contributed by atoms with Gasteiger partial charge in [0.2, 0.25) is 0 Å². The van der Waals surface area contributed by atoms with Crippen LogP contribution in [0.1, 0.15) is 32.3 Å². The molecular weight excluding hydrogens is 266 g/mol. The summed E-state index contributed by atoms with van der Waals surface area (Å²) in [6, 6.07) is 6.03. The van der Waals surface area contributed by atoms with E-state index >= 15 is 0 Å². The van der Waals surface area contributed by atoms with Crippen molar-refractivity contribution in [3.63, 3.8) is 0 Å². The van der Waals surface area contributed by atoms with Gasteiger partial charge in [-0.25, -0.2) is 0 Å². The highest BCUT2D eigenvalue weighted by Gasteiger charge is 2.25. The van der Waals surface area contributed by atoms with Crippen molar-refractivity contribution >= 4 is 15.9 Å². The van der Waals surface area contributed by atoms with Gasteiger partial charge in [0.1, 0.15) is 5.75 Å². The van der Waals surface area contributed by atoms with Crippen molar-refractivity contribution in [3.8, 4) is 5.75 Å². The lowest BCUT2D eigenvalue weighted by atomic mass is 9.95. The Kier molecular flexibility index (Phi) is 3.27. The van der Waals surface area contributed by atoms with E-state index in [0.29, 0.717) is 0 Å². The Hall–Kier alpha value is -0.540. The molecule has 1 aliphatic rings. The van der Waals surface area contributed by atoms with Gasteiger partial charge in [0, 0.05) is 11.1 Å². The van der Waals surface area contributed by atoms with Gasteiger partial charge in [-0.1, -0.05) is 12.1 Å². The highest BCUT2D eigenvalue weighted by Crippen LogP contribution is 2.37. The molecule has 1 aromatic carbocycles. The van der Waals surface area contributed by atoms with E-state index in [1.165, 1.54) is 12.8 Å². The third-order valence-electron chi connectivity index (χ3n) is 2.82. The molecule has 2 nitrogen and oxygen atoms in total. The van der Waals surface area contributed by atoms with E-state index in [2.05, 4.69) is 15.9 Å². The molecule has 0 atom stereocenters. The second-order valence-corrected chi connectivity index (χ2v) is 5.95. The lowest BCUT2D eigenvalue weighted by Gasteiger charge is -2.23. The third kappa shape index (κ3) is 2.77. The van der Waals surface area contributed by atoms with Crippen LogP contribution in [0.4, 0.5) is 0 Å². The summed E-state index contributed by atoms with van der Waals surface area (Å²) >= 11 is 3.53. The normalized spacial score (nSPS) is 16.2. The molecular formula is C13H18BrNO. The zero-order chi connectivity index (χ0) is 11.8. The Morgan fingerprint density at radius 1 is 1.44 bits per heavy atom. The Bertz CT molecular complexity index is 380. The molecule has 0 bridgehead atoms. The fraction of sp³-hybridized carbons (Fsp3) is 0.538. The second kappa shape index (κ2) is 4.38. The Morgan fingerprint density at radius 3 is 2.69 bits per heavy atom. The third-order valence-corrected chi connectivity index (χ3v) is 3.45. The van der Waals surface area contributed by atoms with Crippen molar-refractivity contribution in [2.24, 2.45) is 11.7 Å². The summed E-state index contributed by atoms with van der Waals surface area (Å²) in [7, 11) is 0. The van der Waals surface area contributed by atoms with Gasteiger partial charge in [0.15, 0.2) is 0 Å². The van der Waals surface area contributed by atoms with Gasteiger partial charge in [-0.2, -0.15) is 0 Å². The minimum atomic E-state index is -0.372. The van der Waals surface area contributed by atoms with E-state index in [4.69, 9.17) is 10.5 Å². The van der Waals surface area contributed by atoms with E-state index < -0.39 is 0 Å². The summed E-state index contributed by atoms with van der Waals surface area (Å²) in [4.78, 5) is 0. The predicted octanol–water partition coefficient (Wildman–Crippen LogP) is 3.43. The molecule has 1 fully saturated rings. The Labute approximate surface area is 105 Å². The molecule has 1 saturated carbocycles. The molecule has 0 saturated heterocycles. The van der Waals surface area contributed by atoms with Gasteiger partial charge in [-0.15, -0.1) is 0 Å². The van der Waals surface area contributed by atoms with Gasteiger partial charge >= 0.3 is 0 Å². The average molecular weight is 284 g/mol. The molecule has 0 unspecified atom stereocenters. The highest BCUT2D eigenvalue weighted by atomic mass is 79.9. The molecule has 0 amide bonds. The van der Waals surface area contributed by atoms with Crippen LogP contribution in [-0.2, 0) is 5.54 Å². The lowest BCUT2D eigenvalue weighted by molar-refractivity contribution is 0.289. The number of para-hydroxylation sites is 1. The fourth-order valence-electron chi connectivity index (χ4n) is 1.65. The summed E-state index contributed by atoms with van der Waals surface area (Å²) in [6.45, 7) is 4.81. The molecule has 2 N–H and O–H groups in total. The number of nitrogens with two attached hydrogens (primary N) is 1. The Morgan fingerprint density at radius 2 is 2.12 bits per heavy atom. The number of hydrogen-bond donors (Lipinski definition) is 1. The molecule has 1 aliphatic carbocycles. The van der Waals surface area contributed by atoms with Crippen LogP contribution in [0.3, 0.4) is 0 Å². The number of rotatable bonds is 4. The van der Waals surface area contributed by atoms with E-state index in [9.17, 15) is 0 Å². The van der Waals surface area contributed by atoms with Crippen LogP contribution in [-0.4, -0.2) is 6.61 Å². The zero-order valence-electron chi connectivity index (χ0n) is 9.79. The van der Waals surface area contributed by atoms with Crippen molar-refractivity contribution < 1.29 is 4.74 Å². The van der Waals surface area contributed by atoms with Crippen LogP contribution in [0.15, 0.2) is 22.7 Å². The van der Waals surface area contributed by atoms with Crippen LogP contribution < -0.4 is 10.5 Å². The smallest absolute Gasteiger partial charge is 0.138 e. The van der Waals surface area contributed by atoms with E-state index in [0.717, 1.165) is 28.3 Å². The predicted molar refractivity (Wildman–Crippen MR) is 69.6 cm³/mol. The van der Waals surface area contributed by atoms with Crippen molar-refractivity contribution in [2.75, 3.05) is 6.61 Å². The molecule has 1 aromatic rings. The second-order valence-electron chi connectivity index (χ2n) is 5.09. The van der Waals surface area contributed by atoms with Gasteiger partial charge in [-0.3, -0.25) is 0 Å². The van der Waals surface area contributed by atoms with E-state index in [1.807, 2.05) is 32.0 Å². The summed E-state index contributed by atoms with van der Waals surface area (Å²) < 4.78 is 6.88. The van der Waals surface area contributed by atoms with Crippen molar-refractivity contribution in [1.82, 2.24) is 0 Å². The highest BCUT2D eigenvalue weighted by molar-refractivity contribution is 9.10. The summed E-state index contributed by atoms with van der Waals surface area (Å²) in [5.41, 5.74) is 6.83. The number of halogens is 1. The average Bonchev–Trinajstić information content (AvgIpc) is 2.97. The summed E-state index contributed by atoms with van der Waals surface area (Å²) in [6.07, 6.45) is 2.59. The minimum Gasteiger partial charge on any atom is -0.492 e. The number of hydrogen-bond acceptors (Lipinski definition) is 2. The van der Waals surface area contributed by atoms with Gasteiger partial charge in [-0.05, 0) is 54.6 Å². The first kappa shape index (κ1) is 11.9. The van der Waals surface area contributed by atoms with Crippen LogP contribution in [0.25, 0.3) is 0 Å². The molecule has 88 valence electrons. The van der Waals surface area contributed by atoms with Crippen LogP contribution in [0, 0.1) is 5.92 Å². The van der Waals surface area contributed by atoms with Gasteiger partial charge in [0.05, 0.1) is 11.1 Å². The summed E-state index contributed by atoms with van der Waals surface area (Å²) in [5.74, 6) is 1.66. The van der Waals surface area contributed by atoms with E-state index in [1.54, 1.807) is 0 Å². The van der Waals surface area contributed by atoms with Gasteiger partial charge in [0.25, 0.3) is 0 Å². The first-order valence-corrected chi connectivity index (χ1v) is 6.48. The maximum Gasteiger partial charge on any atom is 0.138 e. The molecule has 0 radical (unpaired) electrons. The molecule has 3 heteroatoms. The molecule has 16 heavy (non-hydrogen) atoms. The molecule has 2 rings (SSSR count). The maximum absolute atomic E-state index is 6.15. The SMILES string of the molecule is CC(C)(N)c1cccc(Br)c1OCC1CC1.